The second kappa shape index (κ2) is 7.80. The van der Waals surface area contributed by atoms with Gasteiger partial charge in [-0.15, -0.1) is 0 Å². The summed E-state index contributed by atoms with van der Waals surface area (Å²) in [4.78, 5) is 25.2. The lowest BCUT2D eigenvalue weighted by atomic mass is 9.90. The third-order valence-corrected chi connectivity index (χ3v) is 6.84. The number of aliphatic hydroxyl groups is 1. The first-order valence-electron chi connectivity index (χ1n) is 10.8. The van der Waals surface area contributed by atoms with Gasteiger partial charge in [-0.2, -0.15) is 0 Å². The first-order valence-corrected chi connectivity index (χ1v) is 11.1. The smallest absolute Gasteiger partial charge is 0.222 e. The minimum atomic E-state index is -0.830. The summed E-state index contributed by atoms with van der Waals surface area (Å²) in [6.45, 7) is 2.54. The fraction of sp³-hybridized carbons (Fsp3) is 0.435. The summed E-state index contributed by atoms with van der Waals surface area (Å²) in [6.07, 6.45) is 4.36. The number of benzene rings is 1. The van der Waals surface area contributed by atoms with Crippen LogP contribution in [-0.2, 0) is 11.8 Å². The van der Waals surface area contributed by atoms with Gasteiger partial charge in [-0.05, 0) is 37.5 Å². The van der Waals surface area contributed by atoms with Crippen molar-refractivity contribution in [2.75, 3.05) is 31.1 Å². The van der Waals surface area contributed by atoms with Crippen molar-refractivity contribution in [2.45, 2.75) is 31.3 Å². The number of anilines is 1. The third kappa shape index (κ3) is 3.77. The highest BCUT2D eigenvalue weighted by Gasteiger charge is 2.37. The van der Waals surface area contributed by atoms with E-state index in [4.69, 9.17) is 16.6 Å². The molecule has 4 heterocycles. The number of hydrogen-bond donors (Lipinski definition) is 1. The van der Waals surface area contributed by atoms with Crippen LogP contribution in [0, 0.1) is 0 Å². The van der Waals surface area contributed by atoms with E-state index in [2.05, 4.69) is 9.88 Å². The number of aromatic nitrogens is 3. The molecule has 1 aromatic carbocycles. The van der Waals surface area contributed by atoms with Crippen molar-refractivity contribution in [1.82, 2.24) is 19.4 Å². The maximum atomic E-state index is 11.9. The van der Waals surface area contributed by atoms with E-state index in [1.807, 2.05) is 41.9 Å². The zero-order chi connectivity index (χ0) is 21.6. The Morgan fingerprint density at radius 2 is 1.97 bits per heavy atom. The first kappa shape index (κ1) is 20.3. The summed E-state index contributed by atoms with van der Waals surface area (Å²) in [5.41, 5.74) is 1.98. The Bertz CT molecular complexity index is 1140. The molecule has 0 saturated carbocycles. The van der Waals surface area contributed by atoms with E-state index in [0.717, 1.165) is 41.2 Å². The molecule has 1 amide bonds. The highest BCUT2D eigenvalue weighted by molar-refractivity contribution is 6.33. The SMILES string of the molecule is Cn1c(-c2cc(N3CCC(O)(CN4CCCC4=O)CC3)ncc2Cl)nc2ccccc21. The van der Waals surface area contributed by atoms with E-state index < -0.39 is 5.60 Å². The first-order chi connectivity index (χ1) is 14.9. The van der Waals surface area contributed by atoms with E-state index in [-0.39, 0.29) is 5.91 Å². The van der Waals surface area contributed by atoms with Crippen LogP contribution in [0.4, 0.5) is 5.82 Å². The second-order valence-electron chi connectivity index (χ2n) is 8.64. The number of amides is 1. The van der Waals surface area contributed by atoms with Gasteiger partial charge in [-0.25, -0.2) is 9.97 Å². The molecule has 0 aliphatic carbocycles. The maximum absolute atomic E-state index is 11.9. The van der Waals surface area contributed by atoms with Crippen molar-refractivity contribution >= 4 is 34.4 Å². The van der Waals surface area contributed by atoms with Crippen LogP contribution in [0.1, 0.15) is 25.7 Å². The summed E-state index contributed by atoms with van der Waals surface area (Å²) >= 11 is 6.51. The molecule has 2 fully saturated rings. The van der Waals surface area contributed by atoms with E-state index >= 15 is 0 Å². The van der Waals surface area contributed by atoms with Crippen molar-refractivity contribution in [1.29, 1.82) is 0 Å². The minimum Gasteiger partial charge on any atom is -0.388 e. The van der Waals surface area contributed by atoms with E-state index in [0.29, 0.717) is 43.9 Å². The fourth-order valence-corrected chi connectivity index (χ4v) is 4.88. The predicted octanol–water partition coefficient (Wildman–Crippen LogP) is 3.24. The number of fused-ring (bicyclic) bond motifs is 1. The molecule has 1 N–H and O–H groups in total. The Balaban J connectivity index is 1.36. The molecular weight excluding hydrogens is 414 g/mol. The predicted molar refractivity (Wildman–Crippen MR) is 121 cm³/mol. The van der Waals surface area contributed by atoms with Crippen LogP contribution in [-0.4, -0.2) is 62.2 Å². The quantitative estimate of drug-likeness (QED) is 0.675. The number of pyridine rings is 1. The van der Waals surface area contributed by atoms with E-state index in [1.165, 1.54) is 0 Å². The topological polar surface area (TPSA) is 74.5 Å². The fourth-order valence-electron chi connectivity index (χ4n) is 4.70. The normalized spacial score (nSPS) is 18.9. The van der Waals surface area contributed by atoms with Gasteiger partial charge in [0, 0.05) is 51.4 Å². The summed E-state index contributed by atoms with van der Waals surface area (Å²) in [7, 11) is 1.99. The molecule has 2 aliphatic rings. The van der Waals surface area contributed by atoms with Crippen LogP contribution in [0.15, 0.2) is 36.5 Å². The number of piperidine rings is 1. The molecule has 31 heavy (non-hydrogen) atoms. The van der Waals surface area contributed by atoms with Gasteiger partial charge in [0.1, 0.15) is 11.6 Å². The Hall–Kier alpha value is -2.64. The summed E-state index contributed by atoms with van der Waals surface area (Å²) in [5.74, 6) is 1.78. The molecule has 2 aromatic heterocycles. The molecule has 3 aromatic rings. The zero-order valence-corrected chi connectivity index (χ0v) is 18.3. The van der Waals surface area contributed by atoms with Gasteiger partial charge in [-0.1, -0.05) is 23.7 Å². The molecule has 0 unspecified atom stereocenters. The number of aryl methyl sites for hydroxylation is 1. The number of carbonyl (C=O) groups excluding carboxylic acids is 1. The van der Waals surface area contributed by atoms with Crippen molar-refractivity contribution in [3.63, 3.8) is 0 Å². The molecule has 162 valence electrons. The number of hydrogen-bond acceptors (Lipinski definition) is 5. The van der Waals surface area contributed by atoms with Gasteiger partial charge < -0.3 is 19.5 Å². The molecular formula is C23H26ClN5O2. The number of β-amino-alcohol motifs (C(OH)–C–C–N with tert-alkyl or cyclic N) is 1. The van der Waals surface area contributed by atoms with Crippen LogP contribution in [0.25, 0.3) is 22.4 Å². The van der Waals surface area contributed by atoms with Crippen LogP contribution in [0.3, 0.4) is 0 Å². The number of halogens is 1. The monoisotopic (exact) mass is 439 g/mol. The van der Waals surface area contributed by atoms with Gasteiger partial charge >= 0.3 is 0 Å². The second-order valence-corrected chi connectivity index (χ2v) is 9.04. The molecule has 2 saturated heterocycles. The van der Waals surface area contributed by atoms with Crippen molar-refractivity contribution in [3.05, 3.63) is 41.6 Å². The average Bonchev–Trinajstić information content (AvgIpc) is 3.32. The number of nitrogens with zero attached hydrogens (tertiary/aromatic N) is 5. The Morgan fingerprint density at radius 3 is 2.68 bits per heavy atom. The Labute approximate surface area is 186 Å². The van der Waals surface area contributed by atoms with Gasteiger partial charge in [0.25, 0.3) is 0 Å². The Kier molecular flexibility index (Phi) is 5.10. The molecule has 2 aliphatic heterocycles. The van der Waals surface area contributed by atoms with E-state index in [1.54, 1.807) is 11.1 Å². The lowest BCUT2D eigenvalue weighted by molar-refractivity contribution is -0.131. The highest BCUT2D eigenvalue weighted by Crippen LogP contribution is 2.34. The summed E-state index contributed by atoms with van der Waals surface area (Å²) in [5, 5.41) is 11.6. The number of para-hydroxylation sites is 2. The van der Waals surface area contributed by atoms with Gasteiger partial charge in [-0.3, -0.25) is 4.79 Å². The largest absolute Gasteiger partial charge is 0.388 e. The van der Waals surface area contributed by atoms with Crippen molar-refractivity contribution in [3.8, 4) is 11.4 Å². The standard InChI is InChI=1S/C23H26ClN5O2/c1-27-19-6-3-2-5-18(19)26-22(27)16-13-20(25-14-17(16)24)28-11-8-23(31,9-12-28)15-29-10-4-7-21(29)30/h2-3,5-6,13-14,31H,4,7-12,15H2,1H3. The van der Waals surface area contributed by atoms with Crippen LogP contribution < -0.4 is 4.90 Å². The Morgan fingerprint density at radius 1 is 1.19 bits per heavy atom. The lowest BCUT2D eigenvalue weighted by Crippen LogP contribution is -2.51. The molecule has 5 rings (SSSR count). The van der Waals surface area contributed by atoms with Crippen LogP contribution in [0.5, 0.6) is 0 Å². The molecule has 0 bridgehead atoms. The van der Waals surface area contributed by atoms with Gasteiger partial charge in [0.05, 0.1) is 21.7 Å². The molecule has 8 heteroatoms. The van der Waals surface area contributed by atoms with E-state index in [9.17, 15) is 9.90 Å². The third-order valence-electron chi connectivity index (χ3n) is 6.54. The number of rotatable bonds is 4. The zero-order valence-electron chi connectivity index (χ0n) is 17.6. The minimum absolute atomic E-state index is 0.155. The van der Waals surface area contributed by atoms with Gasteiger partial charge in [0.15, 0.2) is 0 Å². The molecule has 0 atom stereocenters. The molecule has 0 spiro atoms. The molecule has 7 nitrogen and oxygen atoms in total. The highest BCUT2D eigenvalue weighted by atomic mass is 35.5. The number of carbonyl (C=O) groups is 1. The lowest BCUT2D eigenvalue weighted by Gasteiger charge is -2.40. The average molecular weight is 440 g/mol. The molecule has 0 radical (unpaired) electrons. The number of likely N-dealkylation sites (tertiary alicyclic amines) is 1. The summed E-state index contributed by atoms with van der Waals surface area (Å²) < 4.78 is 2.04. The van der Waals surface area contributed by atoms with Gasteiger partial charge in [0.2, 0.25) is 5.91 Å². The van der Waals surface area contributed by atoms with Crippen molar-refractivity contribution < 1.29 is 9.90 Å². The number of imidazole rings is 1. The maximum Gasteiger partial charge on any atom is 0.222 e. The van der Waals surface area contributed by atoms with Crippen molar-refractivity contribution in [2.24, 2.45) is 7.05 Å². The van der Waals surface area contributed by atoms with Crippen LogP contribution >= 0.6 is 11.6 Å². The van der Waals surface area contributed by atoms with Crippen LogP contribution in [0.2, 0.25) is 5.02 Å². The summed E-state index contributed by atoms with van der Waals surface area (Å²) in [6, 6.07) is 9.99.